The Hall–Kier alpha value is -2.58. The maximum atomic E-state index is 13.4. The van der Waals surface area contributed by atoms with Crippen LogP contribution in [0.2, 0.25) is 0 Å². The van der Waals surface area contributed by atoms with Gasteiger partial charge in [0.25, 0.3) is 5.91 Å². The summed E-state index contributed by atoms with van der Waals surface area (Å²) in [4.78, 5) is 28.8. The Bertz CT molecular complexity index is 982. The number of halogens is 3. The molecule has 0 spiro atoms. The summed E-state index contributed by atoms with van der Waals surface area (Å²) in [7, 11) is 0. The Morgan fingerprint density at radius 2 is 1.93 bits per heavy atom. The normalized spacial score (nSPS) is 25.9. The first-order valence-electron chi connectivity index (χ1n) is 9.83. The molecule has 1 aromatic heterocycles. The summed E-state index contributed by atoms with van der Waals surface area (Å²) < 4.78 is 45.4. The van der Waals surface area contributed by atoms with Crippen LogP contribution >= 0.6 is 0 Å². The van der Waals surface area contributed by atoms with Crippen LogP contribution in [0.5, 0.6) is 0 Å². The van der Waals surface area contributed by atoms with E-state index in [1.54, 1.807) is 29.2 Å². The smallest absolute Gasteiger partial charge is 0.350 e. The quantitative estimate of drug-likeness (QED) is 0.767. The summed E-state index contributed by atoms with van der Waals surface area (Å²) in [5, 5.41) is 4.53. The molecule has 1 saturated carbocycles. The molecule has 2 amide bonds. The summed E-state index contributed by atoms with van der Waals surface area (Å²) in [6.45, 7) is 0.892. The van der Waals surface area contributed by atoms with Gasteiger partial charge in [0.15, 0.2) is 0 Å². The molecule has 3 heterocycles. The first-order valence-corrected chi connectivity index (χ1v) is 9.83. The zero-order valence-electron chi connectivity index (χ0n) is 15.6. The third-order valence-corrected chi connectivity index (χ3v) is 6.61. The largest absolute Gasteiger partial charge is 0.403 e. The number of fused-ring (bicyclic) bond motifs is 2. The van der Waals surface area contributed by atoms with E-state index in [1.165, 1.54) is 4.90 Å². The second-order valence-corrected chi connectivity index (χ2v) is 8.29. The van der Waals surface area contributed by atoms with E-state index < -0.39 is 17.5 Å². The monoisotopic (exact) mass is 407 g/mol. The van der Waals surface area contributed by atoms with Crippen LogP contribution in [0.25, 0.3) is 10.9 Å². The first-order chi connectivity index (χ1) is 13.8. The highest BCUT2D eigenvalue weighted by Crippen LogP contribution is 2.59. The third kappa shape index (κ3) is 2.73. The van der Waals surface area contributed by atoms with E-state index in [-0.39, 0.29) is 49.6 Å². The minimum Gasteiger partial charge on any atom is -0.350 e. The number of nitrogens with zero attached hydrogens (tertiary/aromatic N) is 3. The molecule has 6 nitrogen and oxygen atoms in total. The van der Waals surface area contributed by atoms with Gasteiger partial charge in [-0.15, -0.1) is 0 Å². The average Bonchev–Trinajstić information content (AvgIpc) is 3.24. The molecule has 9 heteroatoms. The number of amides is 2. The average molecular weight is 407 g/mol. The molecule has 0 unspecified atom stereocenters. The zero-order valence-corrected chi connectivity index (χ0v) is 15.6. The Kier molecular flexibility index (Phi) is 3.95. The molecule has 2 saturated heterocycles. The lowest BCUT2D eigenvalue weighted by atomic mass is 9.92. The molecule has 2 atom stereocenters. The predicted molar refractivity (Wildman–Crippen MR) is 95.9 cm³/mol. The van der Waals surface area contributed by atoms with Crippen molar-refractivity contribution in [1.29, 1.82) is 0 Å². The number of aromatic nitrogens is 1. The summed E-state index contributed by atoms with van der Waals surface area (Å²) >= 11 is 0. The van der Waals surface area contributed by atoms with Gasteiger partial charge in [-0.3, -0.25) is 9.59 Å². The Morgan fingerprint density at radius 3 is 2.66 bits per heavy atom. The standard InChI is InChI=1S/C20H20F3N3O3/c21-20(22,23)19(7-8-19)18(28)25-10-12-4-3-9-26(15(12)11-25)17(27)16-13-5-1-2-6-14(13)24-29-16/h1-2,5-6,12,15H,3-4,7-11H2/t12-,15+/m1/s1. The van der Waals surface area contributed by atoms with Crippen LogP contribution in [0.4, 0.5) is 13.2 Å². The Balaban J connectivity index is 1.39. The topological polar surface area (TPSA) is 66.7 Å². The van der Waals surface area contributed by atoms with Crippen molar-refractivity contribution >= 4 is 22.7 Å². The van der Waals surface area contributed by atoms with Gasteiger partial charge in [-0.05, 0) is 43.7 Å². The van der Waals surface area contributed by atoms with Gasteiger partial charge < -0.3 is 14.3 Å². The lowest BCUT2D eigenvalue weighted by Crippen LogP contribution is -2.49. The number of rotatable bonds is 2. The lowest BCUT2D eigenvalue weighted by molar-refractivity contribution is -0.198. The minimum atomic E-state index is -4.52. The molecule has 5 rings (SSSR count). The van der Waals surface area contributed by atoms with Crippen molar-refractivity contribution in [2.75, 3.05) is 19.6 Å². The fraction of sp³-hybridized carbons (Fsp3) is 0.550. The molecule has 2 aromatic rings. The van der Waals surface area contributed by atoms with Gasteiger partial charge in [0, 0.05) is 19.6 Å². The Labute approximate surface area is 164 Å². The highest BCUT2D eigenvalue weighted by molar-refractivity contribution is 6.03. The SMILES string of the molecule is O=C(c1onc2ccccc12)N1CCC[C@@H]2CN(C(=O)C3(C(F)(F)F)CC3)C[C@@H]21. The van der Waals surface area contributed by atoms with Gasteiger partial charge in [-0.2, -0.15) is 13.2 Å². The summed E-state index contributed by atoms with van der Waals surface area (Å²) in [5.74, 6) is -1.04. The van der Waals surface area contributed by atoms with Gasteiger partial charge >= 0.3 is 6.18 Å². The fourth-order valence-electron chi connectivity index (χ4n) is 4.82. The van der Waals surface area contributed by atoms with E-state index >= 15 is 0 Å². The molecule has 29 heavy (non-hydrogen) atoms. The van der Waals surface area contributed by atoms with Gasteiger partial charge in [0.2, 0.25) is 11.7 Å². The van der Waals surface area contributed by atoms with Crippen LogP contribution in [0, 0.1) is 11.3 Å². The van der Waals surface area contributed by atoms with E-state index in [0.29, 0.717) is 17.4 Å². The second-order valence-electron chi connectivity index (χ2n) is 8.29. The number of likely N-dealkylation sites (tertiary alicyclic amines) is 2. The van der Waals surface area contributed by atoms with Crippen LogP contribution in [-0.4, -0.2) is 58.6 Å². The van der Waals surface area contributed by atoms with Crippen molar-refractivity contribution in [2.24, 2.45) is 11.3 Å². The molecule has 3 aliphatic rings. The summed E-state index contributed by atoms with van der Waals surface area (Å²) in [6.07, 6.45) is -3.28. The van der Waals surface area contributed by atoms with Gasteiger partial charge in [0.05, 0.1) is 11.4 Å². The molecule has 154 valence electrons. The van der Waals surface area contributed by atoms with Gasteiger partial charge in [-0.25, -0.2) is 0 Å². The van der Waals surface area contributed by atoms with Crippen molar-refractivity contribution in [1.82, 2.24) is 15.0 Å². The maximum absolute atomic E-state index is 13.4. The molecule has 2 aliphatic heterocycles. The van der Waals surface area contributed by atoms with Crippen molar-refractivity contribution in [2.45, 2.75) is 37.9 Å². The van der Waals surface area contributed by atoms with Gasteiger partial charge in [0.1, 0.15) is 10.9 Å². The van der Waals surface area contributed by atoms with Crippen LogP contribution in [0.15, 0.2) is 28.8 Å². The fourth-order valence-corrected chi connectivity index (χ4v) is 4.82. The van der Waals surface area contributed by atoms with Crippen molar-refractivity contribution < 1.29 is 27.3 Å². The Morgan fingerprint density at radius 1 is 1.17 bits per heavy atom. The number of carbonyl (C=O) groups excluding carboxylic acids is 2. The number of carbonyl (C=O) groups is 2. The van der Waals surface area contributed by atoms with Crippen molar-refractivity contribution in [3.63, 3.8) is 0 Å². The summed E-state index contributed by atoms with van der Waals surface area (Å²) in [6, 6.07) is 6.79. The minimum absolute atomic E-state index is 0.0186. The summed E-state index contributed by atoms with van der Waals surface area (Å²) in [5.41, 5.74) is -1.63. The van der Waals surface area contributed by atoms with Crippen molar-refractivity contribution in [3.8, 4) is 0 Å². The van der Waals surface area contributed by atoms with E-state index in [2.05, 4.69) is 5.16 Å². The van der Waals surface area contributed by atoms with Gasteiger partial charge in [-0.1, -0.05) is 17.3 Å². The molecule has 0 N–H and O–H groups in total. The molecular weight excluding hydrogens is 387 g/mol. The highest BCUT2D eigenvalue weighted by atomic mass is 19.4. The van der Waals surface area contributed by atoms with E-state index in [1.807, 2.05) is 0 Å². The molecule has 1 aliphatic carbocycles. The molecule has 1 aromatic carbocycles. The maximum Gasteiger partial charge on any atom is 0.403 e. The second kappa shape index (κ2) is 6.21. The first kappa shape index (κ1) is 18.4. The van der Waals surface area contributed by atoms with Crippen LogP contribution in [0.3, 0.4) is 0 Å². The zero-order chi connectivity index (χ0) is 20.4. The number of hydrogen-bond donors (Lipinski definition) is 0. The number of hydrogen-bond acceptors (Lipinski definition) is 4. The number of benzene rings is 1. The van der Waals surface area contributed by atoms with Crippen LogP contribution in [0.1, 0.15) is 36.2 Å². The van der Waals surface area contributed by atoms with E-state index in [4.69, 9.17) is 4.52 Å². The molecule has 0 radical (unpaired) electrons. The van der Waals surface area contributed by atoms with E-state index in [9.17, 15) is 22.8 Å². The van der Waals surface area contributed by atoms with Crippen LogP contribution in [-0.2, 0) is 4.79 Å². The molecular formula is C20H20F3N3O3. The lowest BCUT2D eigenvalue weighted by Gasteiger charge is -2.36. The van der Waals surface area contributed by atoms with Crippen LogP contribution < -0.4 is 0 Å². The van der Waals surface area contributed by atoms with Crippen molar-refractivity contribution in [3.05, 3.63) is 30.0 Å². The predicted octanol–water partition coefficient (Wildman–Crippen LogP) is 3.23. The number of alkyl halides is 3. The highest BCUT2D eigenvalue weighted by Gasteiger charge is 2.70. The molecule has 3 fully saturated rings. The number of piperidine rings is 1. The third-order valence-electron chi connectivity index (χ3n) is 6.61. The molecule has 0 bridgehead atoms. The van der Waals surface area contributed by atoms with E-state index in [0.717, 1.165) is 12.8 Å².